The van der Waals surface area contributed by atoms with Gasteiger partial charge in [-0.05, 0) is 66.1 Å². The minimum Gasteiger partial charge on any atom is -0.321 e. The Morgan fingerprint density at radius 2 is 1.47 bits per heavy atom. The van der Waals surface area contributed by atoms with Crippen LogP contribution in [0.5, 0.6) is 0 Å². The lowest BCUT2D eigenvalue weighted by molar-refractivity contribution is -0.113. The summed E-state index contributed by atoms with van der Waals surface area (Å²) in [7, 11) is 0. The fourth-order valence-corrected chi connectivity index (χ4v) is 3.51. The molecular formula is C28H24N2O2. The van der Waals surface area contributed by atoms with E-state index in [4.69, 9.17) is 0 Å². The zero-order valence-electron chi connectivity index (χ0n) is 18.1. The minimum atomic E-state index is -0.385. The molecule has 32 heavy (non-hydrogen) atoms. The lowest BCUT2D eigenvalue weighted by Gasteiger charge is -2.12. The van der Waals surface area contributed by atoms with Crippen LogP contribution in [0.3, 0.4) is 0 Å². The first kappa shape index (κ1) is 21.1. The maximum absolute atomic E-state index is 13.2. The number of fused-ring (bicyclic) bond motifs is 1. The predicted octanol–water partition coefficient (Wildman–Crippen LogP) is 5.87. The largest absolute Gasteiger partial charge is 0.321 e. The first-order chi connectivity index (χ1) is 15.5. The molecule has 0 unspecified atom stereocenters. The van der Waals surface area contributed by atoms with Gasteiger partial charge in [-0.3, -0.25) is 9.59 Å². The number of benzene rings is 4. The van der Waals surface area contributed by atoms with Crippen LogP contribution in [0.2, 0.25) is 0 Å². The molecule has 0 radical (unpaired) electrons. The topological polar surface area (TPSA) is 58.2 Å². The average molecular weight is 421 g/mol. The maximum atomic E-state index is 13.2. The fraction of sp³-hybridized carbons (Fsp3) is 0.0714. The van der Waals surface area contributed by atoms with Gasteiger partial charge in [-0.25, -0.2) is 0 Å². The molecule has 0 saturated carbocycles. The SMILES string of the molecule is Cc1ccc(C(=O)N/C(=C/c2cccc3ccccc23)C(=O)Nc2cccc(C)c2)cc1. The summed E-state index contributed by atoms with van der Waals surface area (Å²) in [5.41, 5.74) is 4.28. The molecule has 0 aliphatic carbocycles. The Balaban J connectivity index is 1.71. The molecule has 2 amide bonds. The minimum absolute atomic E-state index is 0.174. The Hall–Kier alpha value is -4.18. The van der Waals surface area contributed by atoms with E-state index in [1.165, 1.54) is 0 Å². The fourth-order valence-electron chi connectivity index (χ4n) is 3.51. The quantitative estimate of drug-likeness (QED) is 0.397. The number of rotatable bonds is 5. The van der Waals surface area contributed by atoms with E-state index >= 15 is 0 Å². The number of carbonyl (C=O) groups is 2. The number of hydrogen-bond acceptors (Lipinski definition) is 2. The molecule has 0 aliphatic rings. The molecule has 158 valence electrons. The second-order valence-electron chi connectivity index (χ2n) is 7.77. The summed E-state index contributed by atoms with van der Waals surface area (Å²) in [4.78, 5) is 26.1. The van der Waals surface area contributed by atoms with Gasteiger partial charge in [0.05, 0.1) is 0 Å². The molecule has 4 heteroatoms. The van der Waals surface area contributed by atoms with Gasteiger partial charge in [0, 0.05) is 11.3 Å². The highest BCUT2D eigenvalue weighted by Gasteiger charge is 2.16. The van der Waals surface area contributed by atoms with Crippen LogP contribution in [0, 0.1) is 13.8 Å². The van der Waals surface area contributed by atoms with E-state index in [1.807, 2.05) is 92.7 Å². The van der Waals surface area contributed by atoms with E-state index in [1.54, 1.807) is 18.2 Å². The third-order valence-corrected chi connectivity index (χ3v) is 5.21. The van der Waals surface area contributed by atoms with Crippen LogP contribution in [0.4, 0.5) is 5.69 Å². The zero-order chi connectivity index (χ0) is 22.5. The van der Waals surface area contributed by atoms with Crippen molar-refractivity contribution in [1.29, 1.82) is 0 Å². The van der Waals surface area contributed by atoms with E-state index in [0.717, 1.165) is 27.5 Å². The van der Waals surface area contributed by atoms with Crippen molar-refractivity contribution in [2.24, 2.45) is 0 Å². The zero-order valence-corrected chi connectivity index (χ0v) is 18.1. The molecule has 2 N–H and O–H groups in total. The smallest absolute Gasteiger partial charge is 0.272 e. The monoisotopic (exact) mass is 420 g/mol. The van der Waals surface area contributed by atoms with Gasteiger partial charge in [-0.1, -0.05) is 72.3 Å². The van der Waals surface area contributed by atoms with Crippen molar-refractivity contribution < 1.29 is 9.59 Å². The van der Waals surface area contributed by atoms with Crippen LogP contribution in [0.1, 0.15) is 27.0 Å². The maximum Gasteiger partial charge on any atom is 0.272 e. The summed E-state index contributed by atoms with van der Waals surface area (Å²) in [5.74, 6) is -0.722. The normalized spacial score (nSPS) is 11.2. The second kappa shape index (κ2) is 9.31. The average Bonchev–Trinajstić information content (AvgIpc) is 2.79. The standard InChI is InChI=1S/C28H24N2O2/c1-19-13-15-22(16-14-19)27(31)30-26(28(32)29-24-11-5-7-20(2)17-24)18-23-10-6-9-21-8-3-4-12-25(21)23/h3-18H,1-2H3,(H,29,32)(H,30,31)/b26-18+. The van der Waals surface area contributed by atoms with Crippen LogP contribution in [0.25, 0.3) is 16.8 Å². The van der Waals surface area contributed by atoms with Gasteiger partial charge in [-0.2, -0.15) is 0 Å². The lowest BCUT2D eigenvalue weighted by atomic mass is 10.0. The Labute approximate surface area is 187 Å². The molecule has 0 aliphatic heterocycles. The summed E-state index contributed by atoms with van der Waals surface area (Å²) < 4.78 is 0. The van der Waals surface area contributed by atoms with Crippen LogP contribution in [0.15, 0.2) is 96.7 Å². The number of carbonyl (C=O) groups excluding carboxylic acids is 2. The number of anilines is 1. The molecule has 0 saturated heterocycles. The van der Waals surface area contributed by atoms with Crippen molar-refractivity contribution in [2.45, 2.75) is 13.8 Å². The van der Waals surface area contributed by atoms with Gasteiger partial charge in [-0.15, -0.1) is 0 Å². The molecule has 0 aromatic heterocycles. The van der Waals surface area contributed by atoms with Gasteiger partial charge < -0.3 is 10.6 Å². The van der Waals surface area contributed by atoms with Crippen molar-refractivity contribution in [3.63, 3.8) is 0 Å². The number of nitrogens with one attached hydrogen (secondary N) is 2. The van der Waals surface area contributed by atoms with Gasteiger partial charge in [0.15, 0.2) is 0 Å². The number of amides is 2. The van der Waals surface area contributed by atoms with Crippen molar-refractivity contribution >= 4 is 34.4 Å². The van der Waals surface area contributed by atoms with Crippen molar-refractivity contribution in [1.82, 2.24) is 5.32 Å². The van der Waals surface area contributed by atoms with E-state index in [2.05, 4.69) is 10.6 Å². The van der Waals surface area contributed by atoms with Crippen LogP contribution in [-0.4, -0.2) is 11.8 Å². The molecule has 4 aromatic rings. The van der Waals surface area contributed by atoms with Gasteiger partial charge >= 0.3 is 0 Å². The third kappa shape index (κ3) is 4.93. The molecule has 0 fully saturated rings. The molecule has 0 atom stereocenters. The third-order valence-electron chi connectivity index (χ3n) is 5.21. The van der Waals surface area contributed by atoms with E-state index in [-0.39, 0.29) is 17.5 Å². The van der Waals surface area contributed by atoms with Gasteiger partial charge in [0.2, 0.25) is 0 Å². The van der Waals surface area contributed by atoms with Crippen LogP contribution >= 0.6 is 0 Å². The molecule has 4 nitrogen and oxygen atoms in total. The molecule has 0 spiro atoms. The molecule has 4 rings (SSSR count). The molecule has 0 heterocycles. The highest BCUT2D eigenvalue weighted by Crippen LogP contribution is 2.21. The van der Waals surface area contributed by atoms with Crippen molar-refractivity contribution in [3.05, 3.63) is 119 Å². The Morgan fingerprint density at radius 3 is 2.25 bits per heavy atom. The second-order valence-corrected chi connectivity index (χ2v) is 7.77. The van der Waals surface area contributed by atoms with E-state index in [9.17, 15) is 9.59 Å². The van der Waals surface area contributed by atoms with E-state index < -0.39 is 0 Å². The van der Waals surface area contributed by atoms with Crippen LogP contribution < -0.4 is 10.6 Å². The Morgan fingerprint density at radius 1 is 0.750 bits per heavy atom. The molecule has 0 bridgehead atoms. The Bertz CT molecular complexity index is 1320. The van der Waals surface area contributed by atoms with Crippen LogP contribution in [-0.2, 0) is 4.79 Å². The van der Waals surface area contributed by atoms with Crippen molar-refractivity contribution in [3.8, 4) is 0 Å². The lowest BCUT2D eigenvalue weighted by Crippen LogP contribution is -2.30. The van der Waals surface area contributed by atoms with E-state index in [0.29, 0.717) is 11.3 Å². The predicted molar refractivity (Wildman–Crippen MR) is 130 cm³/mol. The number of aryl methyl sites for hydroxylation is 2. The first-order valence-electron chi connectivity index (χ1n) is 10.4. The van der Waals surface area contributed by atoms with Crippen molar-refractivity contribution in [2.75, 3.05) is 5.32 Å². The summed E-state index contributed by atoms with van der Waals surface area (Å²) in [6, 6.07) is 28.6. The first-order valence-corrected chi connectivity index (χ1v) is 10.4. The molecular weight excluding hydrogens is 396 g/mol. The summed E-state index contributed by atoms with van der Waals surface area (Å²) in [6.07, 6.45) is 1.72. The highest BCUT2D eigenvalue weighted by molar-refractivity contribution is 6.11. The van der Waals surface area contributed by atoms with Gasteiger partial charge in [0.25, 0.3) is 11.8 Å². The Kier molecular flexibility index (Phi) is 6.13. The van der Waals surface area contributed by atoms with Gasteiger partial charge in [0.1, 0.15) is 5.70 Å². The summed E-state index contributed by atoms with van der Waals surface area (Å²) in [6.45, 7) is 3.92. The summed E-state index contributed by atoms with van der Waals surface area (Å²) >= 11 is 0. The number of hydrogen-bond donors (Lipinski definition) is 2. The highest BCUT2D eigenvalue weighted by atomic mass is 16.2. The summed E-state index contributed by atoms with van der Waals surface area (Å²) in [5, 5.41) is 7.77. The molecule has 4 aromatic carbocycles.